The summed E-state index contributed by atoms with van der Waals surface area (Å²) in [6, 6.07) is 8.89. The van der Waals surface area contributed by atoms with Gasteiger partial charge in [0, 0.05) is 20.8 Å². The molecule has 0 spiro atoms. The average molecular weight is 516 g/mol. The minimum Gasteiger partial charge on any atom is -0.462 e. The van der Waals surface area contributed by atoms with E-state index in [1.165, 1.54) is 27.2 Å². The van der Waals surface area contributed by atoms with Crippen LogP contribution < -0.4 is 10.9 Å². The van der Waals surface area contributed by atoms with Crippen molar-refractivity contribution in [2.75, 3.05) is 11.9 Å². The van der Waals surface area contributed by atoms with Crippen molar-refractivity contribution in [2.45, 2.75) is 33.7 Å². The first-order chi connectivity index (χ1) is 16.3. The number of nitrogens with one attached hydrogen (secondary N) is 1. The molecule has 0 radical (unpaired) electrons. The molecule has 0 saturated heterocycles. The lowest BCUT2D eigenvalue weighted by Crippen LogP contribution is -2.30. The molecule has 7 nitrogen and oxygen atoms in total. The Hall–Kier alpha value is -3.01. The van der Waals surface area contributed by atoms with Crippen LogP contribution in [0.2, 0.25) is 5.02 Å². The van der Waals surface area contributed by atoms with Gasteiger partial charge in [0.2, 0.25) is 5.91 Å². The second-order valence-electron chi connectivity index (χ2n) is 7.46. The summed E-state index contributed by atoms with van der Waals surface area (Å²) in [5, 5.41) is 6.02. The van der Waals surface area contributed by atoms with Crippen LogP contribution in [0.1, 0.15) is 34.9 Å². The maximum atomic E-state index is 13.0. The number of amides is 1. The van der Waals surface area contributed by atoms with E-state index in [1.54, 1.807) is 43.5 Å². The van der Waals surface area contributed by atoms with Crippen molar-refractivity contribution < 1.29 is 14.3 Å². The number of carbonyl (C=O) groups is 2. The van der Waals surface area contributed by atoms with Gasteiger partial charge >= 0.3 is 5.97 Å². The molecule has 0 aliphatic carbocycles. The first kappa shape index (κ1) is 24.1. The Kier molecular flexibility index (Phi) is 7.16. The molecule has 0 unspecified atom stereocenters. The van der Waals surface area contributed by atoms with Gasteiger partial charge in [0.1, 0.15) is 27.8 Å². The van der Waals surface area contributed by atoms with Crippen molar-refractivity contribution in [1.29, 1.82) is 0 Å². The highest BCUT2D eigenvalue weighted by atomic mass is 35.5. The molecule has 0 saturated carbocycles. The van der Waals surface area contributed by atoms with Crippen molar-refractivity contribution in [3.8, 4) is 11.1 Å². The van der Waals surface area contributed by atoms with Crippen molar-refractivity contribution in [3.05, 3.63) is 67.4 Å². The first-order valence-electron chi connectivity index (χ1n) is 10.7. The quantitative estimate of drug-likeness (QED) is 0.327. The summed E-state index contributed by atoms with van der Waals surface area (Å²) in [4.78, 5) is 45.0. The summed E-state index contributed by atoms with van der Waals surface area (Å²) in [5.74, 6) is -0.519. The van der Waals surface area contributed by atoms with E-state index in [4.69, 9.17) is 16.3 Å². The van der Waals surface area contributed by atoms with Crippen LogP contribution in [0.3, 0.4) is 0 Å². The molecule has 0 fully saturated rings. The molecule has 0 aliphatic heterocycles. The summed E-state index contributed by atoms with van der Waals surface area (Å²) >= 11 is 8.70. The Morgan fingerprint density at radius 3 is 2.62 bits per heavy atom. The number of anilines is 1. The van der Waals surface area contributed by atoms with Gasteiger partial charge in [-0.2, -0.15) is 0 Å². The van der Waals surface area contributed by atoms with E-state index in [2.05, 4.69) is 10.3 Å². The number of esters is 1. The lowest BCUT2D eigenvalue weighted by molar-refractivity contribution is -0.116. The molecule has 0 aliphatic rings. The summed E-state index contributed by atoms with van der Waals surface area (Å²) < 4.78 is 6.59. The number of rotatable bonds is 7. The third-order valence-corrected chi connectivity index (χ3v) is 7.54. The van der Waals surface area contributed by atoms with E-state index < -0.39 is 11.9 Å². The normalized spacial score (nSPS) is 11.1. The maximum Gasteiger partial charge on any atom is 0.341 e. The molecule has 3 heterocycles. The summed E-state index contributed by atoms with van der Waals surface area (Å²) in [6.07, 6.45) is 0.810. The highest BCUT2D eigenvalue weighted by Gasteiger charge is 2.23. The Morgan fingerprint density at radius 2 is 1.94 bits per heavy atom. The standard InChI is InChI=1S/C24H22ClN3O4S2/c1-4-16-10-17-21(34-16)26-13(3)28(23(17)30)11-19(29)27-22-20(24(31)32-5-2)18(12-33-22)14-6-8-15(25)9-7-14/h6-10,12H,4-5,11H2,1-3H3,(H,27,29). The zero-order chi connectivity index (χ0) is 24.4. The minimum atomic E-state index is -0.536. The van der Waals surface area contributed by atoms with Crippen LogP contribution in [0.4, 0.5) is 5.00 Å². The molecular formula is C24H22ClN3O4S2. The highest BCUT2D eigenvalue weighted by molar-refractivity contribution is 7.18. The van der Waals surface area contributed by atoms with Gasteiger partial charge in [0.25, 0.3) is 5.56 Å². The lowest BCUT2D eigenvalue weighted by atomic mass is 10.0. The summed E-state index contributed by atoms with van der Waals surface area (Å²) in [7, 11) is 0. The molecule has 4 aromatic rings. The molecule has 4 rings (SSSR count). The highest BCUT2D eigenvalue weighted by Crippen LogP contribution is 2.36. The molecule has 176 valence electrons. The number of fused-ring (bicyclic) bond motifs is 1. The van der Waals surface area contributed by atoms with Crippen LogP contribution in [0.15, 0.2) is 40.5 Å². The average Bonchev–Trinajstić information content (AvgIpc) is 3.41. The largest absolute Gasteiger partial charge is 0.462 e. The van der Waals surface area contributed by atoms with E-state index in [1.807, 2.05) is 13.0 Å². The second-order valence-corrected chi connectivity index (χ2v) is 9.90. The maximum absolute atomic E-state index is 13.0. The van der Waals surface area contributed by atoms with Crippen molar-refractivity contribution in [2.24, 2.45) is 0 Å². The third-order valence-electron chi connectivity index (χ3n) is 5.22. The monoisotopic (exact) mass is 515 g/mol. The number of hydrogen-bond donors (Lipinski definition) is 1. The molecule has 0 atom stereocenters. The number of aryl methyl sites for hydroxylation is 2. The van der Waals surface area contributed by atoms with E-state index >= 15 is 0 Å². The smallest absolute Gasteiger partial charge is 0.341 e. The zero-order valence-electron chi connectivity index (χ0n) is 18.8. The van der Waals surface area contributed by atoms with E-state index in [9.17, 15) is 14.4 Å². The third kappa shape index (κ3) is 4.77. The van der Waals surface area contributed by atoms with Gasteiger partial charge in [-0.1, -0.05) is 30.7 Å². The van der Waals surface area contributed by atoms with Crippen LogP contribution in [0.5, 0.6) is 0 Å². The predicted octanol–water partition coefficient (Wildman–Crippen LogP) is 5.53. The second kappa shape index (κ2) is 10.1. The zero-order valence-corrected chi connectivity index (χ0v) is 21.2. The molecule has 10 heteroatoms. The number of aromatic nitrogens is 2. The van der Waals surface area contributed by atoms with E-state index in [0.717, 1.165) is 16.9 Å². The molecular weight excluding hydrogens is 494 g/mol. The predicted molar refractivity (Wildman–Crippen MR) is 137 cm³/mol. The van der Waals surface area contributed by atoms with E-state index in [0.29, 0.717) is 31.6 Å². The van der Waals surface area contributed by atoms with Crippen LogP contribution >= 0.6 is 34.3 Å². The van der Waals surface area contributed by atoms with Crippen molar-refractivity contribution >= 4 is 61.4 Å². The molecule has 3 aromatic heterocycles. The van der Waals surface area contributed by atoms with Gasteiger partial charge in [-0.3, -0.25) is 14.2 Å². The fourth-order valence-corrected chi connectivity index (χ4v) is 5.64. The molecule has 1 aromatic carbocycles. The van der Waals surface area contributed by atoms with E-state index in [-0.39, 0.29) is 24.3 Å². The Bertz CT molecular complexity index is 1440. The minimum absolute atomic E-state index is 0.197. The fraction of sp³-hybridized carbons (Fsp3) is 0.250. The van der Waals surface area contributed by atoms with Crippen LogP contribution in [-0.4, -0.2) is 28.0 Å². The number of benzene rings is 1. The van der Waals surface area contributed by atoms with Crippen LogP contribution in [0.25, 0.3) is 21.3 Å². The number of ether oxygens (including phenoxy) is 1. The van der Waals surface area contributed by atoms with Gasteiger partial charge in [-0.25, -0.2) is 9.78 Å². The first-order valence-corrected chi connectivity index (χ1v) is 12.7. The Morgan fingerprint density at radius 1 is 1.21 bits per heavy atom. The lowest BCUT2D eigenvalue weighted by Gasteiger charge is -2.11. The fourth-order valence-electron chi connectivity index (χ4n) is 3.54. The number of carbonyl (C=O) groups excluding carboxylic acids is 2. The molecule has 34 heavy (non-hydrogen) atoms. The number of hydrogen-bond acceptors (Lipinski definition) is 7. The van der Waals surface area contributed by atoms with Crippen LogP contribution in [0, 0.1) is 6.92 Å². The number of halogens is 1. The van der Waals surface area contributed by atoms with Gasteiger partial charge in [0.15, 0.2) is 0 Å². The Labute approximate surface area is 209 Å². The van der Waals surface area contributed by atoms with Gasteiger partial charge < -0.3 is 10.1 Å². The molecule has 1 amide bonds. The van der Waals surface area contributed by atoms with Gasteiger partial charge in [-0.15, -0.1) is 22.7 Å². The number of thiophene rings is 2. The molecule has 1 N–H and O–H groups in total. The van der Waals surface area contributed by atoms with Crippen LogP contribution in [-0.2, 0) is 22.5 Å². The summed E-state index contributed by atoms with van der Waals surface area (Å²) in [6.45, 7) is 5.42. The Balaban J connectivity index is 1.65. The van der Waals surface area contributed by atoms with Gasteiger partial charge in [0.05, 0.1) is 12.0 Å². The number of nitrogens with zero attached hydrogens (tertiary/aromatic N) is 2. The van der Waals surface area contributed by atoms with Gasteiger partial charge in [-0.05, 0) is 44.0 Å². The SMILES string of the molecule is CCOC(=O)c1c(-c2ccc(Cl)cc2)csc1NC(=O)Cn1c(C)nc2sc(CC)cc2c1=O. The molecule has 0 bridgehead atoms. The topological polar surface area (TPSA) is 90.3 Å². The van der Waals surface area contributed by atoms with Crippen molar-refractivity contribution in [3.63, 3.8) is 0 Å². The summed E-state index contributed by atoms with van der Waals surface area (Å²) in [5.41, 5.74) is 1.42. The van der Waals surface area contributed by atoms with Crippen molar-refractivity contribution in [1.82, 2.24) is 9.55 Å².